The third kappa shape index (κ3) is 2.12. The summed E-state index contributed by atoms with van der Waals surface area (Å²) in [5, 5.41) is 2.54. The monoisotopic (exact) mass is 247 g/mol. The van der Waals surface area contributed by atoms with Crippen LogP contribution in [0.2, 0.25) is 0 Å². The summed E-state index contributed by atoms with van der Waals surface area (Å²) in [6.07, 6.45) is 1.01. The summed E-state index contributed by atoms with van der Waals surface area (Å²) >= 11 is 0. The lowest BCUT2D eigenvalue weighted by molar-refractivity contribution is 1.09. The highest BCUT2D eigenvalue weighted by molar-refractivity contribution is 5.96. The first-order valence-corrected chi connectivity index (χ1v) is 6.74. The van der Waals surface area contributed by atoms with E-state index in [1.807, 2.05) is 6.92 Å². The van der Waals surface area contributed by atoms with Crippen molar-refractivity contribution >= 4 is 10.8 Å². The molecule has 1 nitrogen and oxygen atoms in total. The number of nitrogens with zero attached hydrogens (tertiary/aromatic N) is 1. The van der Waals surface area contributed by atoms with Gasteiger partial charge in [0, 0.05) is 11.3 Å². The Morgan fingerprint density at radius 1 is 0.895 bits per heavy atom. The van der Waals surface area contributed by atoms with Crippen molar-refractivity contribution in [3.63, 3.8) is 0 Å². The van der Waals surface area contributed by atoms with Crippen LogP contribution in [0.4, 0.5) is 0 Å². The topological polar surface area (TPSA) is 12.9 Å². The molecule has 19 heavy (non-hydrogen) atoms. The van der Waals surface area contributed by atoms with Crippen LogP contribution < -0.4 is 0 Å². The molecular formula is C18H17N. The van der Waals surface area contributed by atoms with Gasteiger partial charge in [0.15, 0.2) is 0 Å². The van der Waals surface area contributed by atoms with Crippen LogP contribution in [-0.2, 0) is 6.42 Å². The Hall–Kier alpha value is -2.15. The fourth-order valence-corrected chi connectivity index (χ4v) is 2.54. The van der Waals surface area contributed by atoms with Gasteiger partial charge in [-0.3, -0.25) is 4.98 Å². The zero-order valence-corrected chi connectivity index (χ0v) is 11.4. The van der Waals surface area contributed by atoms with Crippen LogP contribution in [0.1, 0.15) is 18.2 Å². The Morgan fingerprint density at radius 2 is 1.68 bits per heavy atom. The predicted octanol–water partition coefficient (Wildman–Crippen LogP) is 4.77. The highest BCUT2D eigenvalue weighted by atomic mass is 14.7. The molecule has 94 valence electrons. The molecule has 3 aromatic rings. The third-order valence-electron chi connectivity index (χ3n) is 3.54. The molecule has 3 rings (SSSR count). The number of benzene rings is 2. The number of rotatable bonds is 2. The molecule has 0 aliphatic carbocycles. The lowest BCUT2D eigenvalue weighted by Crippen LogP contribution is -1.94. The van der Waals surface area contributed by atoms with Crippen molar-refractivity contribution in [3.05, 3.63) is 65.9 Å². The fourth-order valence-electron chi connectivity index (χ4n) is 2.54. The van der Waals surface area contributed by atoms with Gasteiger partial charge in [-0.1, -0.05) is 55.5 Å². The van der Waals surface area contributed by atoms with Gasteiger partial charge in [0.05, 0.1) is 5.69 Å². The van der Waals surface area contributed by atoms with E-state index in [1.54, 1.807) is 0 Å². The zero-order chi connectivity index (χ0) is 13.2. The molecule has 0 aliphatic heterocycles. The first-order valence-electron chi connectivity index (χ1n) is 6.74. The average Bonchev–Trinajstić information content (AvgIpc) is 2.46. The standard InChI is InChI=1S/C18H17N/c1-3-14-12-11-13(2)19-18(14)17-10-6-8-15-7-4-5-9-16(15)17/h4-12H,3H2,1-2H3. The zero-order valence-electron chi connectivity index (χ0n) is 11.4. The maximum Gasteiger partial charge on any atom is 0.0743 e. The van der Waals surface area contributed by atoms with Gasteiger partial charge in [-0.15, -0.1) is 0 Å². The van der Waals surface area contributed by atoms with Crippen molar-refractivity contribution in [2.75, 3.05) is 0 Å². The van der Waals surface area contributed by atoms with Crippen molar-refractivity contribution in [2.24, 2.45) is 0 Å². The third-order valence-corrected chi connectivity index (χ3v) is 3.54. The summed E-state index contributed by atoms with van der Waals surface area (Å²) in [4.78, 5) is 4.76. The molecule has 1 aromatic heterocycles. The van der Waals surface area contributed by atoms with E-state index in [9.17, 15) is 0 Å². The maximum absolute atomic E-state index is 4.76. The highest BCUT2D eigenvalue weighted by Crippen LogP contribution is 2.30. The van der Waals surface area contributed by atoms with Crippen LogP contribution in [0.3, 0.4) is 0 Å². The van der Waals surface area contributed by atoms with Gasteiger partial charge < -0.3 is 0 Å². The molecule has 0 aliphatic rings. The highest BCUT2D eigenvalue weighted by Gasteiger charge is 2.09. The maximum atomic E-state index is 4.76. The van der Waals surface area contributed by atoms with Gasteiger partial charge >= 0.3 is 0 Å². The van der Waals surface area contributed by atoms with Crippen molar-refractivity contribution in [1.29, 1.82) is 0 Å². The summed E-state index contributed by atoms with van der Waals surface area (Å²) < 4.78 is 0. The second-order valence-corrected chi connectivity index (χ2v) is 4.84. The van der Waals surface area contributed by atoms with E-state index >= 15 is 0 Å². The molecule has 0 saturated carbocycles. The van der Waals surface area contributed by atoms with E-state index < -0.39 is 0 Å². The second-order valence-electron chi connectivity index (χ2n) is 4.84. The van der Waals surface area contributed by atoms with Crippen LogP contribution >= 0.6 is 0 Å². The Balaban J connectivity index is 2.33. The van der Waals surface area contributed by atoms with Gasteiger partial charge in [-0.05, 0) is 35.7 Å². The molecule has 0 spiro atoms. The number of pyridine rings is 1. The van der Waals surface area contributed by atoms with Crippen LogP contribution in [0.25, 0.3) is 22.0 Å². The molecule has 0 fully saturated rings. The first-order chi connectivity index (χ1) is 9.29. The van der Waals surface area contributed by atoms with Gasteiger partial charge in [0.25, 0.3) is 0 Å². The van der Waals surface area contributed by atoms with E-state index in [2.05, 4.69) is 61.5 Å². The molecule has 0 radical (unpaired) electrons. The Bertz CT molecular complexity index is 723. The number of aryl methyl sites for hydroxylation is 2. The minimum atomic E-state index is 1.01. The Labute approximate surface area is 113 Å². The molecule has 1 heterocycles. The first kappa shape index (κ1) is 11.9. The molecule has 2 aromatic carbocycles. The van der Waals surface area contributed by atoms with E-state index in [1.165, 1.54) is 21.9 Å². The van der Waals surface area contributed by atoms with Crippen LogP contribution in [0, 0.1) is 6.92 Å². The van der Waals surface area contributed by atoms with Gasteiger partial charge in [-0.25, -0.2) is 0 Å². The summed E-state index contributed by atoms with van der Waals surface area (Å²) in [6, 6.07) is 19.2. The molecule has 0 atom stereocenters. The van der Waals surface area contributed by atoms with E-state index in [0.717, 1.165) is 17.8 Å². The SMILES string of the molecule is CCc1ccc(C)nc1-c1cccc2ccccc12. The van der Waals surface area contributed by atoms with Gasteiger partial charge in [0.2, 0.25) is 0 Å². The molecule has 0 unspecified atom stereocenters. The van der Waals surface area contributed by atoms with E-state index in [4.69, 9.17) is 4.98 Å². The minimum Gasteiger partial charge on any atom is -0.253 e. The Morgan fingerprint density at radius 3 is 2.53 bits per heavy atom. The van der Waals surface area contributed by atoms with Crippen molar-refractivity contribution in [3.8, 4) is 11.3 Å². The smallest absolute Gasteiger partial charge is 0.0743 e. The average molecular weight is 247 g/mol. The van der Waals surface area contributed by atoms with Crippen molar-refractivity contribution in [1.82, 2.24) is 4.98 Å². The van der Waals surface area contributed by atoms with Crippen LogP contribution in [0.5, 0.6) is 0 Å². The van der Waals surface area contributed by atoms with E-state index in [-0.39, 0.29) is 0 Å². The summed E-state index contributed by atoms with van der Waals surface area (Å²) in [5.74, 6) is 0. The van der Waals surface area contributed by atoms with Gasteiger partial charge in [-0.2, -0.15) is 0 Å². The molecule has 0 bridgehead atoms. The number of fused-ring (bicyclic) bond motifs is 1. The largest absolute Gasteiger partial charge is 0.253 e. The summed E-state index contributed by atoms with van der Waals surface area (Å²) in [6.45, 7) is 4.23. The number of hydrogen-bond acceptors (Lipinski definition) is 1. The lowest BCUT2D eigenvalue weighted by atomic mass is 9.97. The number of aromatic nitrogens is 1. The molecule has 0 amide bonds. The predicted molar refractivity (Wildman–Crippen MR) is 81.3 cm³/mol. The molecule has 1 heteroatoms. The van der Waals surface area contributed by atoms with Gasteiger partial charge in [0.1, 0.15) is 0 Å². The normalized spacial score (nSPS) is 10.8. The summed E-state index contributed by atoms with van der Waals surface area (Å²) in [5.41, 5.74) is 4.74. The molecular weight excluding hydrogens is 230 g/mol. The molecule has 0 N–H and O–H groups in total. The van der Waals surface area contributed by atoms with E-state index in [0.29, 0.717) is 0 Å². The molecule has 0 saturated heterocycles. The Kier molecular flexibility index (Phi) is 3.04. The minimum absolute atomic E-state index is 1.01. The van der Waals surface area contributed by atoms with Crippen LogP contribution in [-0.4, -0.2) is 4.98 Å². The van der Waals surface area contributed by atoms with Crippen LogP contribution in [0.15, 0.2) is 54.6 Å². The summed E-state index contributed by atoms with van der Waals surface area (Å²) in [7, 11) is 0. The number of hydrogen-bond donors (Lipinski definition) is 0. The van der Waals surface area contributed by atoms with Crippen molar-refractivity contribution in [2.45, 2.75) is 20.3 Å². The lowest BCUT2D eigenvalue weighted by Gasteiger charge is -2.11. The fraction of sp³-hybridized carbons (Fsp3) is 0.167. The van der Waals surface area contributed by atoms with Crippen molar-refractivity contribution < 1.29 is 0 Å². The quantitative estimate of drug-likeness (QED) is 0.635. The second kappa shape index (κ2) is 4.85.